The summed E-state index contributed by atoms with van der Waals surface area (Å²) in [6.07, 6.45) is 0. The number of hydrogen-bond donors (Lipinski definition) is 0. The molecule has 0 atom stereocenters. The van der Waals surface area contributed by atoms with E-state index in [4.69, 9.17) is 9.47 Å². The van der Waals surface area contributed by atoms with Crippen LogP contribution in [-0.2, 0) is 16.1 Å². The summed E-state index contributed by atoms with van der Waals surface area (Å²) in [5.41, 5.74) is 1.48. The van der Waals surface area contributed by atoms with Crippen LogP contribution >= 0.6 is 0 Å². The summed E-state index contributed by atoms with van der Waals surface area (Å²) in [6.45, 7) is -1.69. The highest BCUT2D eigenvalue weighted by Gasteiger charge is 2.22. The van der Waals surface area contributed by atoms with Crippen molar-refractivity contribution in [2.24, 2.45) is 0 Å². The molecule has 8 heteroatoms. The summed E-state index contributed by atoms with van der Waals surface area (Å²) in [7, 11) is 1.24. The van der Waals surface area contributed by atoms with Crippen LogP contribution in [0.3, 0.4) is 0 Å². The zero-order valence-electron chi connectivity index (χ0n) is 15.6. The van der Waals surface area contributed by atoms with Crippen molar-refractivity contribution < 1.29 is 32.6 Å². The van der Waals surface area contributed by atoms with E-state index in [9.17, 15) is 18.4 Å². The van der Waals surface area contributed by atoms with E-state index in [0.29, 0.717) is 11.1 Å². The van der Waals surface area contributed by atoms with Crippen LogP contribution in [0.5, 0.6) is 5.75 Å². The second-order valence-electron chi connectivity index (χ2n) is 6.02. The number of benzene rings is 2. The number of fused-ring (bicyclic) bond motifs is 1. The molecule has 2 aromatic carbocycles. The first-order valence-corrected chi connectivity index (χ1v) is 8.60. The number of hydrogen-bond acceptors (Lipinski definition) is 6. The zero-order valence-corrected chi connectivity index (χ0v) is 15.6. The van der Waals surface area contributed by atoms with E-state index in [1.165, 1.54) is 31.4 Å². The molecule has 29 heavy (non-hydrogen) atoms. The van der Waals surface area contributed by atoms with Gasteiger partial charge in [-0.05, 0) is 30.7 Å². The smallest absolute Gasteiger partial charge is 0.387 e. The first-order valence-electron chi connectivity index (χ1n) is 8.60. The maximum atomic E-state index is 12.6. The van der Waals surface area contributed by atoms with Crippen LogP contribution in [0.15, 0.2) is 48.5 Å². The second-order valence-corrected chi connectivity index (χ2v) is 6.02. The summed E-state index contributed by atoms with van der Waals surface area (Å²) < 4.78 is 39.5. The molecule has 0 fully saturated rings. The Morgan fingerprint density at radius 1 is 1.03 bits per heavy atom. The highest BCUT2D eigenvalue weighted by atomic mass is 19.3. The number of aryl methyl sites for hydroxylation is 1. The van der Waals surface area contributed by atoms with Gasteiger partial charge in [0.25, 0.3) is 0 Å². The van der Waals surface area contributed by atoms with Crippen LogP contribution in [0.25, 0.3) is 10.9 Å². The number of methoxy groups -OCH3 is 1. The third-order valence-electron chi connectivity index (χ3n) is 4.28. The molecule has 0 unspecified atom stereocenters. The van der Waals surface area contributed by atoms with Gasteiger partial charge in [0.2, 0.25) is 0 Å². The van der Waals surface area contributed by atoms with E-state index in [0.717, 1.165) is 5.39 Å². The number of ether oxygens (including phenoxy) is 3. The number of carbonyl (C=O) groups is 2. The predicted molar refractivity (Wildman–Crippen MR) is 100 cm³/mol. The van der Waals surface area contributed by atoms with Gasteiger partial charge in [0.15, 0.2) is 0 Å². The van der Waals surface area contributed by atoms with E-state index in [1.54, 1.807) is 19.1 Å². The summed E-state index contributed by atoms with van der Waals surface area (Å²) >= 11 is 0. The SMILES string of the molecule is COC(=O)c1c(COC(=O)c2ccccc2OC(F)F)nc2ccccc2c1C. The minimum absolute atomic E-state index is 0.162. The molecular formula is C21H17F2NO5. The number of pyridine rings is 1. The van der Waals surface area contributed by atoms with Crippen molar-refractivity contribution in [2.45, 2.75) is 20.1 Å². The Kier molecular flexibility index (Phi) is 6.01. The molecular weight excluding hydrogens is 384 g/mol. The number of halogens is 2. The van der Waals surface area contributed by atoms with Crippen molar-refractivity contribution in [1.82, 2.24) is 4.98 Å². The number of carbonyl (C=O) groups excluding carboxylic acids is 2. The average molecular weight is 401 g/mol. The molecule has 3 aromatic rings. The summed E-state index contributed by atoms with van der Waals surface area (Å²) in [5, 5.41) is 0.763. The fourth-order valence-corrected chi connectivity index (χ4v) is 2.96. The molecule has 0 saturated carbocycles. The Morgan fingerprint density at radius 3 is 2.45 bits per heavy atom. The largest absolute Gasteiger partial charge is 0.465 e. The van der Waals surface area contributed by atoms with E-state index in [1.807, 2.05) is 12.1 Å². The first kappa shape index (κ1) is 20.2. The highest BCUT2D eigenvalue weighted by Crippen LogP contribution is 2.25. The van der Waals surface area contributed by atoms with Crippen LogP contribution in [0, 0.1) is 6.92 Å². The topological polar surface area (TPSA) is 74.7 Å². The quantitative estimate of drug-likeness (QED) is 0.574. The predicted octanol–water partition coefficient (Wildman–Crippen LogP) is 4.29. The van der Waals surface area contributed by atoms with Crippen LogP contribution < -0.4 is 4.74 Å². The Balaban J connectivity index is 1.93. The molecule has 1 heterocycles. The molecule has 0 aliphatic rings. The number of rotatable bonds is 6. The summed E-state index contributed by atoms with van der Waals surface area (Å²) in [5.74, 6) is -1.80. The maximum Gasteiger partial charge on any atom is 0.387 e. The molecule has 0 saturated heterocycles. The number of esters is 2. The molecule has 0 spiro atoms. The Hall–Kier alpha value is -3.55. The van der Waals surface area contributed by atoms with E-state index >= 15 is 0 Å². The number of para-hydroxylation sites is 2. The fourth-order valence-electron chi connectivity index (χ4n) is 2.96. The van der Waals surface area contributed by atoms with Gasteiger partial charge < -0.3 is 14.2 Å². The standard InChI is InChI=1S/C21H17F2NO5/c1-12-13-7-3-5-9-15(13)24-16(18(12)20(26)27-2)11-28-19(25)14-8-4-6-10-17(14)29-21(22)23/h3-10,21H,11H2,1-2H3. The van der Waals surface area contributed by atoms with E-state index in [-0.39, 0.29) is 29.2 Å². The zero-order chi connectivity index (χ0) is 21.0. The van der Waals surface area contributed by atoms with E-state index in [2.05, 4.69) is 9.72 Å². The lowest BCUT2D eigenvalue weighted by Crippen LogP contribution is -2.15. The highest BCUT2D eigenvalue weighted by molar-refractivity contribution is 5.98. The molecule has 0 bridgehead atoms. The summed E-state index contributed by atoms with van der Waals surface area (Å²) in [4.78, 5) is 29.1. The molecule has 0 aliphatic carbocycles. The third kappa shape index (κ3) is 4.31. The van der Waals surface area contributed by atoms with Crippen molar-refractivity contribution in [1.29, 1.82) is 0 Å². The van der Waals surface area contributed by atoms with Gasteiger partial charge >= 0.3 is 18.6 Å². The molecule has 0 amide bonds. The third-order valence-corrected chi connectivity index (χ3v) is 4.28. The van der Waals surface area contributed by atoms with Crippen molar-refractivity contribution in [2.75, 3.05) is 7.11 Å². The number of aromatic nitrogens is 1. The van der Waals surface area contributed by atoms with Gasteiger partial charge in [-0.1, -0.05) is 30.3 Å². The van der Waals surface area contributed by atoms with Crippen LogP contribution in [0.2, 0.25) is 0 Å². The van der Waals surface area contributed by atoms with Gasteiger partial charge in [0.1, 0.15) is 17.9 Å². The Bertz CT molecular complexity index is 1070. The molecule has 0 aliphatic heterocycles. The van der Waals surface area contributed by atoms with Crippen LogP contribution in [0.1, 0.15) is 32.0 Å². The van der Waals surface area contributed by atoms with Gasteiger partial charge in [0, 0.05) is 5.39 Å². The number of alkyl halides is 2. The van der Waals surface area contributed by atoms with Gasteiger partial charge in [0.05, 0.1) is 23.9 Å². The minimum Gasteiger partial charge on any atom is -0.465 e. The summed E-state index contributed by atoms with van der Waals surface area (Å²) in [6, 6.07) is 12.7. The van der Waals surface area contributed by atoms with Crippen LogP contribution in [0.4, 0.5) is 8.78 Å². The Morgan fingerprint density at radius 2 is 1.72 bits per heavy atom. The Labute approximate surface area is 165 Å². The molecule has 0 N–H and O–H groups in total. The second kappa shape index (κ2) is 8.64. The van der Waals surface area contributed by atoms with Gasteiger partial charge in [-0.2, -0.15) is 8.78 Å². The average Bonchev–Trinajstić information content (AvgIpc) is 2.71. The molecule has 0 radical (unpaired) electrons. The van der Waals surface area contributed by atoms with Gasteiger partial charge in [-0.25, -0.2) is 14.6 Å². The van der Waals surface area contributed by atoms with Crippen molar-refractivity contribution in [3.63, 3.8) is 0 Å². The minimum atomic E-state index is -3.08. The lowest BCUT2D eigenvalue weighted by molar-refractivity contribution is -0.0505. The lowest BCUT2D eigenvalue weighted by atomic mass is 10.0. The van der Waals surface area contributed by atoms with Crippen LogP contribution in [-0.4, -0.2) is 30.6 Å². The van der Waals surface area contributed by atoms with Crippen molar-refractivity contribution in [3.8, 4) is 5.75 Å². The number of nitrogens with zero attached hydrogens (tertiary/aromatic N) is 1. The molecule has 150 valence electrons. The van der Waals surface area contributed by atoms with Gasteiger partial charge in [-0.3, -0.25) is 0 Å². The maximum absolute atomic E-state index is 12.6. The fraction of sp³-hybridized carbons (Fsp3) is 0.190. The van der Waals surface area contributed by atoms with Crippen molar-refractivity contribution >= 4 is 22.8 Å². The van der Waals surface area contributed by atoms with Gasteiger partial charge in [-0.15, -0.1) is 0 Å². The normalized spacial score (nSPS) is 10.8. The van der Waals surface area contributed by atoms with Crippen molar-refractivity contribution in [3.05, 3.63) is 70.9 Å². The van der Waals surface area contributed by atoms with E-state index < -0.39 is 18.6 Å². The molecule has 6 nitrogen and oxygen atoms in total. The molecule has 1 aromatic heterocycles. The first-order chi connectivity index (χ1) is 13.9. The molecule has 3 rings (SSSR count). The monoisotopic (exact) mass is 401 g/mol. The lowest BCUT2D eigenvalue weighted by Gasteiger charge is -2.14.